The van der Waals surface area contributed by atoms with E-state index < -0.39 is 10.0 Å². The van der Waals surface area contributed by atoms with E-state index in [-0.39, 0.29) is 10.8 Å². The van der Waals surface area contributed by atoms with E-state index in [0.29, 0.717) is 42.3 Å². The Labute approximate surface area is 184 Å². The summed E-state index contributed by atoms with van der Waals surface area (Å²) < 4.78 is 37.6. The number of aromatic nitrogens is 1. The van der Waals surface area contributed by atoms with Crippen LogP contribution in [0, 0.1) is 0 Å². The van der Waals surface area contributed by atoms with Crippen molar-refractivity contribution in [1.82, 2.24) is 9.71 Å². The molecule has 0 saturated heterocycles. The Hall–Kier alpha value is -2.95. The van der Waals surface area contributed by atoms with Crippen LogP contribution in [0.5, 0.6) is 11.5 Å². The summed E-state index contributed by atoms with van der Waals surface area (Å²) in [7, 11) is -0.640. The molecule has 2 aromatic carbocycles. The molecule has 1 N–H and O–H groups in total. The molecule has 2 heterocycles. The summed E-state index contributed by atoms with van der Waals surface area (Å²) in [6, 6.07) is 9.84. The zero-order chi connectivity index (χ0) is 22.0. The number of nitrogens with one attached hydrogen (secondary N) is 1. The normalized spacial score (nSPS) is 13.2. The molecule has 31 heavy (non-hydrogen) atoms. The summed E-state index contributed by atoms with van der Waals surface area (Å²) >= 11 is 1.49. The topological polar surface area (TPSA) is 97.8 Å². The van der Waals surface area contributed by atoms with Gasteiger partial charge in [-0.1, -0.05) is 0 Å². The van der Waals surface area contributed by atoms with Crippen molar-refractivity contribution in [3.63, 3.8) is 0 Å². The molecule has 1 aromatic heterocycles. The Morgan fingerprint density at radius 1 is 1.23 bits per heavy atom. The second-order valence-corrected chi connectivity index (χ2v) is 9.44. The highest BCUT2D eigenvalue weighted by atomic mass is 32.2. The fourth-order valence-electron chi connectivity index (χ4n) is 3.41. The lowest BCUT2D eigenvalue weighted by molar-refractivity contribution is 0.0989. The lowest BCUT2D eigenvalue weighted by Crippen LogP contribution is -2.28. The molecule has 0 radical (unpaired) electrons. The number of fused-ring (bicyclic) bond motifs is 1. The van der Waals surface area contributed by atoms with Crippen LogP contribution in [-0.2, 0) is 23.1 Å². The minimum Gasteiger partial charge on any atom is -0.493 e. The molecule has 1 amide bonds. The number of nitrogens with zero attached hydrogens (tertiary/aromatic N) is 2. The van der Waals surface area contributed by atoms with Gasteiger partial charge in [0.1, 0.15) is 6.61 Å². The smallest absolute Gasteiger partial charge is 0.258 e. The number of carbonyl (C=O) groups is 1. The molecule has 162 valence electrons. The van der Waals surface area contributed by atoms with E-state index in [9.17, 15) is 13.2 Å². The molecule has 1 aliphatic rings. The molecule has 0 atom stereocenters. The second-order valence-electron chi connectivity index (χ2n) is 6.84. The van der Waals surface area contributed by atoms with E-state index in [1.54, 1.807) is 40.7 Å². The minimum atomic E-state index is -3.53. The van der Waals surface area contributed by atoms with E-state index in [4.69, 9.17) is 9.47 Å². The van der Waals surface area contributed by atoms with Crippen LogP contribution in [-0.4, -0.2) is 40.0 Å². The average molecular weight is 460 g/mol. The van der Waals surface area contributed by atoms with Crippen molar-refractivity contribution in [1.29, 1.82) is 0 Å². The van der Waals surface area contributed by atoms with Gasteiger partial charge in [-0.3, -0.25) is 4.79 Å². The zero-order valence-electron chi connectivity index (χ0n) is 17.0. The molecule has 0 fully saturated rings. The van der Waals surface area contributed by atoms with Gasteiger partial charge in [0.15, 0.2) is 11.5 Å². The van der Waals surface area contributed by atoms with Gasteiger partial charge in [0.2, 0.25) is 10.0 Å². The van der Waals surface area contributed by atoms with E-state index >= 15 is 0 Å². The Balaban J connectivity index is 1.55. The number of hydrogen-bond donors (Lipinski definition) is 1. The summed E-state index contributed by atoms with van der Waals surface area (Å²) in [5, 5.41) is 1.91. The van der Waals surface area contributed by atoms with Gasteiger partial charge in [0, 0.05) is 23.2 Å². The van der Waals surface area contributed by atoms with E-state index in [0.717, 1.165) is 11.3 Å². The predicted molar refractivity (Wildman–Crippen MR) is 118 cm³/mol. The van der Waals surface area contributed by atoms with Crippen LogP contribution in [0.4, 0.5) is 5.69 Å². The van der Waals surface area contributed by atoms with Gasteiger partial charge in [-0.2, -0.15) is 0 Å². The highest BCUT2D eigenvalue weighted by molar-refractivity contribution is 7.89. The zero-order valence-corrected chi connectivity index (χ0v) is 18.6. The summed E-state index contributed by atoms with van der Waals surface area (Å²) in [6.45, 7) is 0.784. The third kappa shape index (κ3) is 4.27. The fraction of sp³-hybridized carbons (Fsp3) is 0.238. The SMILES string of the molecule is CNS(=O)(=O)c1ccc2c(c1)CCN2C(=O)c1ccc(OCc2cscn2)c(OC)c1. The summed E-state index contributed by atoms with van der Waals surface area (Å²) in [5.74, 6) is 0.791. The van der Waals surface area contributed by atoms with Gasteiger partial charge in [0.25, 0.3) is 5.91 Å². The van der Waals surface area contributed by atoms with Crippen molar-refractivity contribution in [3.8, 4) is 11.5 Å². The Kier molecular flexibility index (Phi) is 5.94. The van der Waals surface area contributed by atoms with Gasteiger partial charge < -0.3 is 14.4 Å². The van der Waals surface area contributed by atoms with E-state index in [1.807, 2.05) is 5.38 Å². The number of amides is 1. The lowest BCUT2D eigenvalue weighted by Gasteiger charge is -2.19. The molecule has 1 aliphatic heterocycles. The molecule has 0 aliphatic carbocycles. The van der Waals surface area contributed by atoms with Crippen molar-refractivity contribution in [2.75, 3.05) is 25.6 Å². The predicted octanol–water partition coefficient (Wildman–Crippen LogP) is 2.84. The van der Waals surface area contributed by atoms with Crippen LogP contribution in [0.1, 0.15) is 21.6 Å². The third-order valence-corrected chi connectivity index (χ3v) is 7.09. The number of thiazole rings is 1. The van der Waals surface area contributed by atoms with Gasteiger partial charge in [-0.25, -0.2) is 18.1 Å². The van der Waals surface area contributed by atoms with Crippen molar-refractivity contribution < 1.29 is 22.7 Å². The maximum absolute atomic E-state index is 13.2. The molecule has 0 unspecified atom stereocenters. The number of hydrogen-bond acceptors (Lipinski definition) is 7. The number of ether oxygens (including phenoxy) is 2. The summed E-state index contributed by atoms with van der Waals surface area (Å²) in [5.41, 5.74) is 4.55. The van der Waals surface area contributed by atoms with Gasteiger partial charge in [-0.05, 0) is 55.4 Å². The maximum atomic E-state index is 13.2. The van der Waals surface area contributed by atoms with Gasteiger partial charge >= 0.3 is 0 Å². The molecular formula is C21H21N3O5S2. The second kappa shape index (κ2) is 8.66. The number of sulfonamides is 1. The quantitative estimate of drug-likeness (QED) is 0.584. The van der Waals surface area contributed by atoms with E-state index in [2.05, 4.69) is 9.71 Å². The fourth-order valence-corrected chi connectivity index (χ4v) is 4.73. The minimum absolute atomic E-state index is 0.186. The largest absolute Gasteiger partial charge is 0.493 e. The molecular weight excluding hydrogens is 438 g/mol. The maximum Gasteiger partial charge on any atom is 0.258 e. The summed E-state index contributed by atoms with van der Waals surface area (Å²) in [6.07, 6.45) is 0.583. The number of benzene rings is 2. The van der Waals surface area contributed by atoms with E-state index in [1.165, 1.54) is 31.6 Å². The molecule has 3 aromatic rings. The first-order valence-corrected chi connectivity index (χ1v) is 11.9. The van der Waals surface area contributed by atoms with Crippen molar-refractivity contribution >= 4 is 33.0 Å². The van der Waals surface area contributed by atoms with Gasteiger partial charge in [-0.15, -0.1) is 11.3 Å². The molecule has 10 heteroatoms. The first-order valence-electron chi connectivity index (χ1n) is 9.49. The number of rotatable bonds is 7. The van der Waals surface area contributed by atoms with Crippen molar-refractivity contribution in [2.24, 2.45) is 0 Å². The van der Waals surface area contributed by atoms with Crippen LogP contribution in [0.3, 0.4) is 0 Å². The molecule has 0 saturated carbocycles. The number of anilines is 1. The molecule has 0 bridgehead atoms. The molecule has 4 rings (SSSR count). The van der Waals surface area contributed by atoms with Crippen LogP contribution in [0.25, 0.3) is 0 Å². The molecule has 0 spiro atoms. The Bertz CT molecular complexity index is 1210. The highest BCUT2D eigenvalue weighted by Gasteiger charge is 2.27. The molecule has 8 nitrogen and oxygen atoms in total. The first-order chi connectivity index (χ1) is 14.9. The van der Waals surface area contributed by atoms with Crippen molar-refractivity contribution in [3.05, 3.63) is 64.1 Å². The van der Waals surface area contributed by atoms with Crippen LogP contribution in [0.2, 0.25) is 0 Å². The third-order valence-electron chi connectivity index (χ3n) is 5.04. The van der Waals surface area contributed by atoms with Gasteiger partial charge in [0.05, 0.1) is 23.2 Å². The average Bonchev–Trinajstić information content (AvgIpc) is 3.46. The first kappa shape index (κ1) is 21.3. The van der Waals surface area contributed by atoms with Crippen LogP contribution < -0.4 is 19.1 Å². The highest BCUT2D eigenvalue weighted by Crippen LogP contribution is 2.34. The van der Waals surface area contributed by atoms with Crippen molar-refractivity contribution in [2.45, 2.75) is 17.9 Å². The Morgan fingerprint density at radius 2 is 2.06 bits per heavy atom. The monoisotopic (exact) mass is 459 g/mol. The Morgan fingerprint density at radius 3 is 2.77 bits per heavy atom. The number of methoxy groups -OCH3 is 1. The number of carbonyl (C=O) groups excluding carboxylic acids is 1. The standard InChI is InChI=1S/C21H21N3O5S2/c1-22-31(26,27)17-4-5-18-14(9-17)7-8-24(18)21(25)15-3-6-19(20(10-15)28-2)29-11-16-12-30-13-23-16/h3-6,9-10,12-13,22H,7-8,11H2,1-2H3. The van der Waals surface area contributed by atoms with Crippen LogP contribution >= 0.6 is 11.3 Å². The van der Waals surface area contributed by atoms with Crippen LogP contribution in [0.15, 0.2) is 52.2 Å². The lowest BCUT2D eigenvalue weighted by atomic mass is 10.1. The summed E-state index contributed by atoms with van der Waals surface area (Å²) in [4.78, 5) is 19.2.